The number of H-pyrrole nitrogens is 1. The summed E-state index contributed by atoms with van der Waals surface area (Å²) in [6, 6.07) is 8.18. The Morgan fingerprint density at radius 2 is 1.96 bits per heavy atom. The van der Waals surface area contributed by atoms with Gasteiger partial charge in [0.15, 0.2) is 0 Å². The SMILES string of the molecule is COc1ccc(C2(CNC(=O)CCc3c(C)n[nH]c3C)CCOCC2)cc1. The second kappa shape index (κ2) is 8.57. The van der Waals surface area contributed by atoms with Gasteiger partial charge in [-0.25, -0.2) is 0 Å². The molecule has 0 aliphatic carbocycles. The molecule has 1 fully saturated rings. The minimum absolute atomic E-state index is 0.0781. The summed E-state index contributed by atoms with van der Waals surface area (Å²) in [5, 5.41) is 10.3. The van der Waals surface area contributed by atoms with Gasteiger partial charge in [-0.3, -0.25) is 9.89 Å². The monoisotopic (exact) mass is 371 g/mol. The molecule has 2 aromatic rings. The molecule has 0 atom stereocenters. The van der Waals surface area contributed by atoms with Crippen molar-refractivity contribution in [3.63, 3.8) is 0 Å². The van der Waals surface area contributed by atoms with Crippen molar-refractivity contribution in [2.45, 2.75) is 44.9 Å². The number of amides is 1. The molecule has 6 nitrogen and oxygen atoms in total. The number of carbonyl (C=O) groups is 1. The zero-order chi connectivity index (χ0) is 19.3. The Morgan fingerprint density at radius 3 is 2.56 bits per heavy atom. The molecule has 1 aliphatic rings. The normalized spacial score (nSPS) is 16.1. The highest BCUT2D eigenvalue weighted by Gasteiger charge is 2.34. The zero-order valence-corrected chi connectivity index (χ0v) is 16.4. The van der Waals surface area contributed by atoms with E-state index in [1.165, 1.54) is 5.56 Å². The highest BCUT2D eigenvalue weighted by molar-refractivity contribution is 5.76. The fraction of sp³-hybridized carbons (Fsp3) is 0.524. The molecule has 0 spiro atoms. The van der Waals surface area contributed by atoms with E-state index in [0.29, 0.717) is 19.4 Å². The summed E-state index contributed by atoms with van der Waals surface area (Å²) in [6.45, 7) is 6.03. The summed E-state index contributed by atoms with van der Waals surface area (Å²) in [5.74, 6) is 0.922. The first kappa shape index (κ1) is 19.4. The Balaban J connectivity index is 1.63. The van der Waals surface area contributed by atoms with Gasteiger partial charge in [0.2, 0.25) is 5.91 Å². The van der Waals surface area contributed by atoms with Gasteiger partial charge in [0, 0.05) is 37.3 Å². The van der Waals surface area contributed by atoms with Crippen molar-refractivity contribution in [2.75, 3.05) is 26.9 Å². The van der Waals surface area contributed by atoms with Crippen LogP contribution >= 0.6 is 0 Å². The maximum Gasteiger partial charge on any atom is 0.220 e. The van der Waals surface area contributed by atoms with Crippen LogP contribution in [0.4, 0.5) is 0 Å². The van der Waals surface area contributed by atoms with Crippen LogP contribution in [0.3, 0.4) is 0 Å². The zero-order valence-electron chi connectivity index (χ0n) is 16.4. The van der Waals surface area contributed by atoms with Gasteiger partial charge in [0.25, 0.3) is 0 Å². The van der Waals surface area contributed by atoms with Crippen LogP contribution in [-0.4, -0.2) is 43.0 Å². The summed E-state index contributed by atoms with van der Waals surface area (Å²) in [5.41, 5.74) is 4.30. The average Bonchev–Trinajstić information content (AvgIpc) is 3.03. The number of aromatic amines is 1. The summed E-state index contributed by atoms with van der Waals surface area (Å²) in [7, 11) is 1.67. The number of methoxy groups -OCH3 is 1. The molecule has 0 unspecified atom stereocenters. The van der Waals surface area contributed by atoms with Gasteiger partial charge < -0.3 is 14.8 Å². The van der Waals surface area contributed by atoms with Gasteiger partial charge in [-0.1, -0.05) is 12.1 Å². The van der Waals surface area contributed by atoms with Crippen molar-refractivity contribution < 1.29 is 14.3 Å². The van der Waals surface area contributed by atoms with Crippen LogP contribution in [0.5, 0.6) is 5.75 Å². The summed E-state index contributed by atoms with van der Waals surface area (Å²) in [6.07, 6.45) is 2.98. The van der Waals surface area contributed by atoms with E-state index in [2.05, 4.69) is 27.6 Å². The predicted octanol–water partition coefficient (Wildman–Crippen LogP) is 2.83. The van der Waals surface area contributed by atoms with Gasteiger partial charge in [-0.15, -0.1) is 0 Å². The molecule has 6 heteroatoms. The van der Waals surface area contributed by atoms with Crippen molar-refractivity contribution in [1.82, 2.24) is 15.5 Å². The van der Waals surface area contributed by atoms with Crippen LogP contribution in [-0.2, 0) is 21.4 Å². The molecule has 1 aromatic carbocycles. The fourth-order valence-electron chi connectivity index (χ4n) is 3.81. The number of aromatic nitrogens is 2. The molecule has 1 amide bonds. The van der Waals surface area contributed by atoms with E-state index in [1.807, 2.05) is 26.0 Å². The average molecular weight is 371 g/mol. The molecule has 1 aromatic heterocycles. The molecular weight excluding hydrogens is 342 g/mol. The van der Waals surface area contributed by atoms with Crippen LogP contribution in [0, 0.1) is 13.8 Å². The lowest BCUT2D eigenvalue weighted by atomic mass is 9.74. The van der Waals surface area contributed by atoms with Crippen molar-refractivity contribution in [1.29, 1.82) is 0 Å². The maximum atomic E-state index is 12.5. The molecule has 3 rings (SSSR count). The van der Waals surface area contributed by atoms with Crippen LogP contribution in [0.25, 0.3) is 0 Å². The van der Waals surface area contributed by atoms with Crippen LogP contribution in [0.2, 0.25) is 0 Å². The van der Waals surface area contributed by atoms with Crippen LogP contribution in [0.1, 0.15) is 41.8 Å². The molecule has 146 valence electrons. The van der Waals surface area contributed by atoms with Crippen molar-refractivity contribution >= 4 is 5.91 Å². The molecule has 0 radical (unpaired) electrons. The Labute approximate surface area is 160 Å². The smallest absolute Gasteiger partial charge is 0.220 e. The third-order valence-electron chi connectivity index (χ3n) is 5.66. The van der Waals surface area contributed by atoms with E-state index in [9.17, 15) is 4.79 Å². The Hall–Kier alpha value is -2.34. The summed E-state index contributed by atoms with van der Waals surface area (Å²) < 4.78 is 10.8. The third-order valence-corrected chi connectivity index (χ3v) is 5.66. The first-order valence-electron chi connectivity index (χ1n) is 9.53. The van der Waals surface area contributed by atoms with Gasteiger partial charge in [-0.2, -0.15) is 5.10 Å². The molecule has 0 bridgehead atoms. The largest absolute Gasteiger partial charge is 0.497 e. The number of hydrogen-bond acceptors (Lipinski definition) is 4. The number of nitrogens with zero attached hydrogens (tertiary/aromatic N) is 1. The minimum Gasteiger partial charge on any atom is -0.497 e. The van der Waals surface area contributed by atoms with E-state index >= 15 is 0 Å². The van der Waals surface area contributed by atoms with Crippen molar-refractivity contribution in [3.8, 4) is 5.75 Å². The van der Waals surface area contributed by atoms with E-state index in [-0.39, 0.29) is 11.3 Å². The number of ether oxygens (including phenoxy) is 2. The predicted molar refractivity (Wildman–Crippen MR) is 104 cm³/mol. The highest BCUT2D eigenvalue weighted by Crippen LogP contribution is 2.35. The Morgan fingerprint density at radius 1 is 1.26 bits per heavy atom. The lowest BCUT2D eigenvalue weighted by molar-refractivity contribution is -0.121. The van der Waals surface area contributed by atoms with E-state index < -0.39 is 0 Å². The molecule has 0 saturated carbocycles. The number of nitrogens with one attached hydrogen (secondary N) is 2. The van der Waals surface area contributed by atoms with E-state index in [1.54, 1.807) is 7.11 Å². The maximum absolute atomic E-state index is 12.5. The second-order valence-electron chi connectivity index (χ2n) is 7.31. The number of aryl methyl sites for hydroxylation is 2. The Bertz CT molecular complexity index is 742. The fourth-order valence-corrected chi connectivity index (χ4v) is 3.81. The number of rotatable bonds is 7. The van der Waals surface area contributed by atoms with Crippen molar-refractivity contribution in [2.24, 2.45) is 0 Å². The quantitative estimate of drug-likeness (QED) is 0.785. The standard InChI is InChI=1S/C21H29N3O3/c1-15-19(16(2)24-23-15)8-9-20(25)22-14-21(10-12-27-13-11-21)17-4-6-18(26-3)7-5-17/h4-7H,8-14H2,1-3H3,(H,22,25)(H,23,24). The Kier molecular flexibility index (Phi) is 6.16. The molecule has 1 saturated heterocycles. The number of hydrogen-bond donors (Lipinski definition) is 2. The number of carbonyl (C=O) groups excluding carboxylic acids is 1. The molecule has 1 aliphatic heterocycles. The minimum atomic E-state index is -0.0817. The molecule has 27 heavy (non-hydrogen) atoms. The first-order valence-corrected chi connectivity index (χ1v) is 9.53. The molecular formula is C21H29N3O3. The lowest BCUT2D eigenvalue weighted by Gasteiger charge is -2.38. The van der Waals surface area contributed by atoms with Crippen LogP contribution < -0.4 is 10.1 Å². The molecule has 2 heterocycles. The second-order valence-corrected chi connectivity index (χ2v) is 7.31. The topological polar surface area (TPSA) is 76.2 Å². The summed E-state index contributed by atoms with van der Waals surface area (Å²) in [4.78, 5) is 12.5. The van der Waals surface area contributed by atoms with Gasteiger partial charge in [0.1, 0.15) is 5.75 Å². The number of benzene rings is 1. The van der Waals surface area contributed by atoms with E-state index in [4.69, 9.17) is 9.47 Å². The van der Waals surface area contributed by atoms with E-state index in [0.717, 1.165) is 48.8 Å². The van der Waals surface area contributed by atoms with Gasteiger partial charge >= 0.3 is 0 Å². The molecule has 2 N–H and O–H groups in total. The van der Waals surface area contributed by atoms with Gasteiger partial charge in [0.05, 0.1) is 12.8 Å². The van der Waals surface area contributed by atoms with Crippen LogP contribution in [0.15, 0.2) is 24.3 Å². The third kappa shape index (κ3) is 4.50. The first-order chi connectivity index (χ1) is 13.0. The lowest BCUT2D eigenvalue weighted by Crippen LogP contribution is -2.44. The summed E-state index contributed by atoms with van der Waals surface area (Å²) >= 11 is 0. The van der Waals surface area contributed by atoms with Gasteiger partial charge in [-0.05, 0) is 56.4 Å². The highest BCUT2D eigenvalue weighted by atomic mass is 16.5. The van der Waals surface area contributed by atoms with Crippen molar-refractivity contribution in [3.05, 3.63) is 46.8 Å².